The molecule has 0 radical (unpaired) electrons. The van der Waals surface area contributed by atoms with Gasteiger partial charge in [-0.3, -0.25) is 4.79 Å². The summed E-state index contributed by atoms with van der Waals surface area (Å²) in [5.41, 5.74) is 1.58. The zero-order valence-corrected chi connectivity index (χ0v) is 17.1. The molecule has 0 saturated carbocycles. The molecule has 0 atom stereocenters. The Balaban J connectivity index is 1.13. The third-order valence-corrected chi connectivity index (χ3v) is 5.86. The van der Waals surface area contributed by atoms with Gasteiger partial charge in [-0.2, -0.15) is 0 Å². The van der Waals surface area contributed by atoms with Crippen LogP contribution >= 0.6 is 0 Å². The van der Waals surface area contributed by atoms with E-state index in [2.05, 4.69) is 5.32 Å². The van der Waals surface area contributed by atoms with Gasteiger partial charge < -0.3 is 29.2 Å². The molecule has 31 heavy (non-hydrogen) atoms. The van der Waals surface area contributed by atoms with E-state index in [1.807, 2.05) is 18.2 Å². The summed E-state index contributed by atoms with van der Waals surface area (Å²) >= 11 is 0. The average Bonchev–Trinajstić information content (AvgIpc) is 3.30. The van der Waals surface area contributed by atoms with Gasteiger partial charge in [0.05, 0.1) is 0 Å². The molecule has 3 aliphatic rings. The van der Waals surface area contributed by atoms with Crippen molar-refractivity contribution in [2.45, 2.75) is 19.4 Å². The summed E-state index contributed by atoms with van der Waals surface area (Å²) in [7, 11) is 0. The van der Waals surface area contributed by atoms with Gasteiger partial charge in [0.1, 0.15) is 13.2 Å². The Morgan fingerprint density at radius 1 is 0.871 bits per heavy atom. The van der Waals surface area contributed by atoms with Gasteiger partial charge in [-0.1, -0.05) is 6.07 Å². The quantitative estimate of drug-likeness (QED) is 0.760. The molecule has 1 saturated heterocycles. The first-order chi connectivity index (χ1) is 15.2. The van der Waals surface area contributed by atoms with Crippen LogP contribution in [0.1, 0.15) is 28.8 Å². The number of hydrogen-bond donors (Lipinski definition) is 1. The lowest BCUT2D eigenvalue weighted by molar-refractivity contribution is 0.0853. The summed E-state index contributed by atoms with van der Waals surface area (Å²) in [6, 6.07) is 10.9. The lowest BCUT2D eigenvalue weighted by Gasteiger charge is -2.31. The summed E-state index contributed by atoms with van der Waals surface area (Å²) < 4.78 is 21.8. The van der Waals surface area contributed by atoms with Crippen LogP contribution in [-0.2, 0) is 6.54 Å². The Labute approximate surface area is 180 Å². The normalized spacial score (nSPS) is 17.4. The molecular formula is C23H24N2O6. The Bertz CT molecular complexity index is 1000. The number of nitrogens with zero attached hydrogens (tertiary/aromatic N) is 1. The standard InChI is InChI=1S/C23H24N2O6/c26-22(17-2-4-18-21(12-17)29-10-9-28-18)16-5-7-25(8-6-16)23(27)24-13-15-1-3-19-20(11-15)31-14-30-19/h1-4,11-12,16H,5-10,13-14H2,(H,24,27). The van der Waals surface area contributed by atoms with E-state index < -0.39 is 0 Å². The number of ketones is 1. The molecule has 3 heterocycles. The van der Waals surface area contributed by atoms with Crippen LogP contribution in [0, 0.1) is 5.92 Å². The van der Waals surface area contributed by atoms with Crippen molar-refractivity contribution in [3.05, 3.63) is 47.5 Å². The van der Waals surface area contributed by atoms with E-state index in [4.69, 9.17) is 18.9 Å². The number of rotatable bonds is 4. The van der Waals surface area contributed by atoms with Crippen molar-refractivity contribution in [2.75, 3.05) is 33.1 Å². The monoisotopic (exact) mass is 424 g/mol. The molecule has 3 aliphatic heterocycles. The van der Waals surface area contributed by atoms with Gasteiger partial charge in [0.2, 0.25) is 6.79 Å². The van der Waals surface area contributed by atoms with E-state index in [1.54, 1.807) is 23.1 Å². The van der Waals surface area contributed by atoms with Crippen molar-refractivity contribution in [2.24, 2.45) is 5.92 Å². The highest BCUT2D eigenvalue weighted by molar-refractivity contribution is 5.98. The van der Waals surface area contributed by atoms with Gasteiger partial charge in [0.25, 0.3) is 0 Å². The highest BCUT2D eigenvalue weighted by atomic mass is 16.7. The van der Waals surface area contributed by atoms with E-state index >= 15 is 0 Å². The lowest BCUT2D eigenvalue weighted by atomic mass is 9.89. The minimum absolute atomic E-state index is 0.0948. The minimum atomic E-state index is -0.122. The van der Waals surface area contributed by atoms with Gasteiger partial charge in [0, 0.05) is 31.1 Å². The highest BCUT2D eigenvalue weighted by Crippen LogP contribution is 2.33. The molecular weight excluding hydrogens is 400 g/mol. The molecule has 162 valence electrons. The van der Waals surface area contributed by atoms with Gasteiger partial charge >= 0.3 is 6.03 Å². The van der Waals surface area contributed by atoms with Crippen molar-refractivity contribution in [1.82, 2.24) is 10.2 Å². The predicted octanol–water partition coefficient (Wildman–Crippen LogP) is 2.99. The molecule has 0 spiro atoms. The largest absolute Gasteiger partial charge is 0.486 e. The maximum atomic E-state index is 12.9. The molecule has 2 amide bonds. The molecule has 5 rings (SSSR count). The number of nitrogens with one attached hydrogen (secondary N) is 1. The first-order valence-corrected chi connectivity index (χ1v) is 10.5. The van der Waals surface area contributed by atoms with Crippen LogP contribution in [0.5, 0.6) is 23.0 Å². The summed E-state index contributed by atoms with van der Waals surface area (Å²) in [6.45, 7) is 2.75. The third-order valence-electron chi connectivity index (χ3n) is 5.86. The summed E-state index contributed by atoms with van der Waals surface area (Å²) in [5, 5.41) is 2.95. The van der Waals surface area contributed by atoms with Gasteiger partial charge in [0.15, 0.2) is 28.8 Å². The summed E-state index contributed by atoms with van der Waals surface area (Å²) in [6.07, 6.45) is 1.29. The zero-order valence-electron chi connectivity index (χ0n) is 17.1. The van der Waals surface area contributed by atoms with Crippen molar-refractivity contribution < 1.29 is 28.5 Å². The van der Waals surface area contributed by atoms with E-state index in [0.717, 1.165) is 11.3 Å². The van der Waals surface area contributed by atoms with Crippen LogP contribution in [0.3, 0.4) is 0 Å². The van der Waals surface area contributed by atoms with Gasteiger partial charge in [-0.05, 0) is 48.7 Å². The maximum absolute atomic E-state index is 12.9. The number of carbonyl (C=O) groups excluding carboxylic acids is 2. The Morgan fingerprint density at radius 3 is 2.39 bits per heavy atom. The van der Waals surface area contributed by atoms with Crippen LogP contribution in [0.2, 0.25) is 0 Å². The number of benzene rings is 2. The molecule has 0 unspecified atom stereocenters. The Hall–Kier alpha value is -3.42. The second-order valence-corrected chi connectivity index (χ2v) is 7.83. The van der Waals surface area contributed by atoms with E-state index in [0.29, 0.717) is 68.5 Å². The Kier molecular flexibility index (Phi) is 5.28. The third kappa shape index (κ3) is 4.10. The minimum Gasteiger partial charge on any atom is -0.486 e. The molecule has 8 heteroatoms. The van der Waals surface area contributed by atoms with E-state index in [9.17, 15) is 9.59 Å². The fraction of sp³-hybridized carbons (Fsp3) is 0.391. The molecule has 2 aromatic rings. The summed E-state index contributed by atoms with van der Waals surface area (Å²) in [4.78, 5) is 27.2. The molecule has 1 fully saturated rings. The molecule has 8 nitrogen and oxygen atoms in total. The maximum Gasteiger partial charge on any atom is 0.317 e. The number of piperidine rings is 1. The van der Waals surface area contributed by atoms with Crippen molar-refractivity contribution in [3.63, 3.8) is 0 Å². The lowest BCUT2D eigenvalue weighted by Crippen LogP contribution is -2.45. The fourth-order valence-corrected chi connectivity index (χ4v) is 4.12. The second kappa shape index (κ2) is 8.37. The van der Waals surface area contributed by atoms with E-state index in [1.165, 1.54) is 0 Å². The number of urea groups is 1. The molecule has 2 aromatic carbocycles. The number of carbonyl (C=O) groups is 2. The Morgan fingerprint density at radius 2 is 1.55 bits per heavy atom. The molecule has 0 bridgehead atoms. The molecule has 1 N–H and O–H groups in total. The number of amides is 2. The zero-order chi connectivity index (χ0) is 21.2. The van der Waals surface area contributed by atoms with Crippen LogP contribution < -0.4 is 24.3 Å². The predicted molar refractivity (Wildman–Crippen MR) is 111 cm³/mol. The smallest absolute Gasteiger partial charge is 0.317 e. The molecule has 0 aromatic heterocycles. The topological polar surface area (TPSA) is 86.3 Å². The number of Topliss-reactive ketones (excluding diaryl/α,β-unsaturated/α-hetero) is 1. The first-order valence-electron chi connectivity index (χ1n) is 10.5. The van der Waals surface area contributed by atoms with Crippen molar-refractivity contribution >= 4 is 11.8 Å². The van der Waals surface area contributed by atoms with Crippen molar-refractivity contribution in [3.8, 4) is 23.0 Å². The SMILES string of the molecule is O=C(c1ccc2c(c1)OCCO2)C1CCN(C(=O)NCc2ccc3c(c2)OCO3)CC1. The van der Waals surface area contributed by atoms with Gasteiger partial charge in [-0.15, -0.1) is 0 Å². The average molecular weight is 424 g/mol. The number of ether oxygens (including phenoxy) is 4. The fourth-order valence-electron chi connectivity index (χ4n) is 4.12. The molecule has 0 aliphatic carbocycles. The highest BCUT2D eigenvalue weighted by Gasteiger charge is 2.29. The van der Waals surface area contributed by atoms with Crippen LogP contribution in [0.25, 0.3) is 0 Å². The number of likely N-dealkylation sites (tertiary alicyclic amines) is 1. The van der Waals surface area contributed by atoms with Crippen LogP contribution in [0.15, 0.2) is 36.4 Å². The van der Waals surface area contributed by atoms with E-state index in [-0.39, 0.29) is 24.5 Å². The van der Waals surface area contributed by atoms with Crippen LogP contribution in [0.4, 0.5) is 4.79 Å². The van der Waals surface area contributed by atoms with Gasteiger partial charge in [-0.25, -0.2) is 4.79 Å². The van der Waals surface area contributed by atoms with Crippen LogP contribution in [-0.4, -0.2) is 49.8 Å². The number of hydrogen-bond acceptors (Lipinski definition) is 6. The first kappa shape index (κ1) is 19.5. The summed E-state index contributed by atoms with van der Waals surface area (Å²) in [5.74, 6) is 2.72. The second-order valence-electron chi connectivity index (χ2n) is 7.83. The van der Waals surface area contributed by atoms with Crippen molar-refractivity contribution in [1.29, 1.82) is 0 Å². The number of fused-ring (bicyclic) bond motifs is 2.